The lowest BCUT2D eigenvalue weighted by Gasteiger charge is -2.19. The third-order valence-corrected chi connectivity index (χ3v) is 4.66. The Hall–Kier alpha value is -3.12. The minimum atomic E-state index is -1.18. The van der Waals surface area contributed by atoms with Crippen molar-refractivity contribution in [3.8, 4) is 0 Å². The van der Waals surface area contributed by atoms with E-state index in [4.69, 9.17) is 16.7 Å². The molecule has 0 saturated carbocycles. The molecule has 3 N–H and O–H groups in total. The highest BCUT2D eigenvalue weighted by molar-refractivity contribution is 6.30. The summed E-state index contributed by atoms with van der Waals surface area (Å²) in [4.78, 5) is 36.4. The van der Waals surface area contributed by atoms with E-state index in [9.17, 15) is 14.4 Å². The zero-order valence-corrected chi connectivity index (χ0v) is 18.1. The van der Waals surface area contributed by atoms with Crippen molar-refractivity contribution in [1.82, 2.24) is 10.6 Å². The van der Waals surface area contributed by atoms with E-state index in [1.54, 1.807) is 36.4 Å². The topological polar surface area (TPSA) is 95.5 Å². The smallest absolute Gasteiger partial charge is 0.325 e. The van der Waals surface area contributed by atoms with Crippen LogP contribution in [0.25, 0.3) is 6.08 Å². The van der Waals surface area contributed by atoms with Crippen molar-refractivity contribution >= 4 is 35.5 Å². The highest BCUT2D eigenvalue weighted by atomic mass is 35.5. The minimum Gasteiger partial charge on any atom is -0.480 e. The van der Waals surface area contributed by atoms with Crippen molar-refractivity contribution in [1.29, 1.82) is 0 Å². The van der Waals surface area contributed by atoms with Gasteiger partial charge in [-0.25, -0.2) is 0 Å². The molecule has 1 atom stereocenters. The third kappa shape index (κ3) is 6.46. The zero-order chi connectivity index (χ0) is 22.5. The average molecular weight is 429 g/mol. The van der Waals surface area contributed by atoms with Crippen LogP contribution >= 0.6 is 11.6 Å². The average Bonchev–Trinajstić information content (AvgIpc) is 2.68. The fourth-order valence-corrected chi connectivity index (χ4v) is 2.66. The van der Waals surface area contributed by atoms with Gasteiger partial charge in [-0.05, 0) is 53.8 Å². The first-order chi connectivity index (χ1) is 14.0. The van der Waals surface area contributed by atoms with Gasteiger partial charge in [-0.15, -0.1) is 0 Å². The maximum absolute atomic E-state index is 12.7. The van der Waals surface area contributed by atoms with Gasteiger partial charge >= 0.3 is 5.97 Å². The van der Waals surface area contributed by atoms with Crippen LogP contribution < -0.4 is 10.6 Å². The maximum atomic E-state index is 12.7. The lowest BCUT2D eigenvalue weighted by Crippen LogP contribution is -2.42. The number of amides is 2. The lowest BCUT2D eigenvalue weighted by atomic mass is 9.87. The summed E-state index contributed by atoms with van der Waals surface area (Å²) in [7, 11) is 0. The number of nitrogens with one attached hydrogen (secondary N) is 2. The molecule has 2 aromatic rings. The van der Waals surface area contributed by atoms with E-state index in [0.717, 1.165) is 5.56 Å². The molecule has 0 spiro atoms. The van der Waals surface area contributed by atoms with Gasteiger partial charge in [-0.1, -0.05) is 56.6 Å². The summed E-state index contributed by atoms with van der Waals surface area (Å²) < 4.78 is 0. The molecule has 0 fully saturated rings. The summed E-state index contributed by atoms with van der Waals surface area (Å²) in [5.41, 5.74) is 1.95. The first kappa shape index (κ1) is 23.2. The van der Waals surface area contributed by atoms with E-state index in [1.165, 1.54) is 13.0 Å². The van der Waals surface area contributed by atoms with Gasteiger partial charge in [-0.2, -0.15) is 0 Å². The van der Waals surface area contributed by atoms with E-state index in [-0.39, 0.29) is 11.1 Å². The summed E-state index contributed by atoms with van der Waals surface area (Å²) in [5.74, 6) is -2.37. The van der Waals surface area contributed by atoms with Gasteiger partial charge in [0.25, 0.3) is 11.8 Å². The number of hydrogen-bond donors (Lipinski definition) is 3. The minimum absolute atomic E-state index is 0.0541. The molecule has 0 saturated heterocycles. The molecule has 2 aromatic carbocycles. The molecule has 0 unspecified atom stereocenters. The van der Waals surface area contributed by atoms with Gasteiger partial charge in [-0.3, -0.25) is 14.4 Å². The largest absolute Gasteiger partial charge is 0.480 e. The fraction of sp³-hybridized carbons (Fsp3) is 0.261. The second-order valence-corrected chi connectivity index (χ2v) is 8.36. The molecule has 158 valence electrons. The molecule has 30 heavy (non-hydrogen) atoms. The van der Waals surface area contributed by atoms with Crippen molar-refractivity contribution in [2.75, 3.05) is 0 Å². The van der Waals surface area contributed by atoms with Crippen LogP contribution in [0.1, 0.15) is 49.2 Å². The van der Waals surface area contributed by atoms with Crippen LogP contribution in [0.2, 0.25) is 5.02 Å². The molecular weight excluding hydrogens is 404 g/mol. The molecule has 0 radical (unpaired) electrons. The highest BCUT2D eigenvalue weighted by Crippen LogP contribution is 2.22. The Bertz CT molecular complexity index is 958. The van der Waals surface area contributed by atoms with E-state index in [1.807, 2.05) is 12.1 Å². The van der Waals surface area contributed by atoms with Crippen molar-refractivity contribution in [3.05, 3.63) is 75.9 Å². The van der Waals surface area contributed by atoms with Gasteiger partial charge in [0, 0.05) is 10.6 Å². The molecule has 2 amide bonds. The zero-order valence-electron chi connectivity index (χ0n) is 17.3. The van der Waals surface area contributed by atoms with Crippen molar-refractivity contribution < 1.29 is 19.5 Å². The Morgan fingerprint density at radius 1 is 1.00 bits per heavy atom. The maximum Gasteiger partial charge on any atom is 0.325 e. The second-order valence-electron chi connectivity index (χ2n) is 7.92. The van der Waals surface area contributed by atoms with E-state index in [2.05, 4.69) is 31.4 Å². The molecule has 0 heterocycles. The van der Waals surface area contributed by atoms with Gasteiger partial charge < -0.3 is 15.7 Å². The van der Waals surface area contributed by atoms with E-state index >= 15 is 0 Å². The van der Waals surface area contributed by atoms with Gasteiger partial charge in [0.2, 0.25) is 0 Å². The quantitative estimate of drug-likeness (QED) is 0.606. The Morgan fingerprint density at radius 3 is 2.07 bits per heavy atom. The SMILES string of the molecule is C[C@H](NC(=O)/C(=C/c1ccc(Cl)cc1)NC(=O)c1ccc(C(C)(C)C)cc1)C(=O)O. The molecule has 0 aliphatic heterocycles. The van der Waals surface area contributed by atoms with Crippen molar-refractivity contribution in [2.45, 2.75) is 39.2 Å². The molecule has 0 aliphatic rings. The number of hydrogen-bond acceptors (Lipinski definition) is 3. The normalized spacial score (nSPS) is 12.8. The Morgan fingerprint density at radius 2 is 1.57 bits per heavy atom. The Kier molecular flexibility index (Phi) is 7.40. The third-order valence-electron chi connectivity index (χ3n) is 4.40. The number of halogens is 1. The fourth-order valence-electron chi connectivity index (χ4n) is 2.54. The highest BCUT2D eigenvalue weighted by Gasteiger charge is 2.20. The number of rotatable bonds is 6. The molecule has 2 rings (SSSR count). The summed E-state index contributed by atoms with van der Waals surface area (Å²) >= 11 is 5.89. The van der Waals surface area contributed by atoms with Gasteiger partial charge in [0.1, 0.15) is 11.7 Å². The molecule has 6 nitrogen and oxygen atoms in total. The van der Waals surface area contributed by atoms with Crippen molar-refractivity contribution in [3.63, 3.8) is 0 Å². The van der Waals surface area contributed by atoms with Crippen LogP contribution in [0.4, 0.5) is 0 Å². The summed E-state index contributed by atoms with van der Waals surface area (Å²) in [6.07, 6.45) is 1.46. The molecule has 7 heteroatoms. The van der Waals surface area contributed by atoms with Crippen LogP contribution in [0.15, 0.2) is 54.2 Å². The summed E-state index contributed by atoms with van der Waals surface area (Å²) in [6.45, 7) is 7.56. The van der Waals surface area contributed by atoms with Crippen LogP contribution in [-0.2, 0) is 15.0 Å². The molecule has 0 bridgehead atoms. The van der Waals surface area contributed by atoms with Gasteiger partial charge in [0.05, 0.1) is 0 Å². The monoisotopic (exact) mass is 428 g/mol. The van der Waals surface area contributed by atoms with Crippen LogP contribution in [0, 0.1) is 0 Å². The Labute approximate surface area is 180 Å². The number of benzene rings is 2. The predicted molar refractivity (Wildman–Crippen MR) is 117 cm³/mol. The number of carbonyl (C=O) groups excluding carboxylic acids is 2. The number of carboxylic acids is 1. The van der Waals surface area contributed by atoms with Crippen LogP contribution in [-0.4, -0.2) is 28.9 Å². The van der Waals surface area contributed by atoms with Gasteiger partial charge in [0.15, 0.2) is 0 Å². The number of carbonyl (C=O) groups is 3. The molecular formula is C23H25ClN2O4. The molecule has 0 aliphatic carbocycles. The number of aliphatic carboxylic acids is 1. The standard InChI is InChI=1S/C23H25ClN2O4/c1-14(22(29)30)25-21(28)19(13-15-5-11-18(24)12-6-15)26-20(27)16-7-9-17(10-8-16)23(2,3)4/h5-14H,1-4H3,(H,25,28)(H,26,27)(H,29,30)/b19-13-/t14-/m0/s1. The summed E-state index contributed by atoms with van der Waals surface area (Å²) in [5, 5.41) is 14.5. The van der Waals surface area contributed by atoms with Crippen LogP contribution in [0.3, 0.4) is 0 Å². The second kappa shape index (κ2) is 9.59. The number of carboxylic acid groups (broad SMARTS) is 1. The molecule has 0 aromatic heterocycles. The summed E-state index contributed by atoms with van der Waals surface area (Å²) in [6, 6.07) is 12.6. The van der Waals surface area contributed by atoms with Crippen LogP contribution in [0.5, 0.6) is 0 Å². The Balaban J connectivity index is 2.29. The predicted octanol–water partition coefficient (Wildman–Crippen LogP) is 4.00. The van der Waals surface area contributed by atoms with E-state index < -0.39 is 23.8 Å². The van der Waals surface area contributed by atoms with Crippen molar-refractivity contribution in [2.24, 2.45) is 0 Å². The van der Waals surface area contributed by atoms with E-state index in [0.29, 0.717) is 16.1 Å². The first-order valence-corrected chi connectivity index (χ1v) is 9.78. The lowest BCUT2D eigenvalue weighted by molar-refractivity contribution is -0.140. The first-order valence-electron chi connectivity index (χ1n) is 9.40.